The van der Waals surface area contributed by atoms with Crippen LogP contribution < -0.4 is 5.73 Å². The predicted octanol–water partition coefficient (Wildman–Crippen LogP) is 2.39. The fourth-order valence-corrected chi connectivity index (χ4v) is 2.53. The minimum atomic E-state index is 0. The first-order chi connectivity index (χ1) is 10.3. The number of carbonyl (C=O) groups is 1. The summed E-state index contributed by atoms with van der Waals surface area (Å²) in [5, 5.41) is 0. The summed E-state index contributed by atoms with van der Waals surface area (Å²) >= 11 is 0. The summed E-state index contributed by atoms with van der Waals surface area (Å²) in [7, 11) is 0. The lowest BCUT2D eigenvalue weighted by Gasteiger charge is -2.25. The molecule has 22 heavy (non-hydrogen) atoms. The van der Waals surface area contributed by atoms with Crippen molar-refractivity contribution in [3.8, 4) is 11.5 Å². The number of benzene rings is 1. The summed E-state index contributed by atoms with van der Waals surface area (Å²) in [6, 6.07) is 9.83. The van der Waals surface area contributed by atoms with Gasteiger partial charge in [-0.15, -0.1) is 12.4 Å². The average Bonchev–Trinajstić information content (AvgIpc) is 2.96. The van der Waals surface area contributed by atoms with Crippen LogP contribution in [0.2, 0.25) is 0 Å². The van der Waals surface area contributed by atoms with E-state index in [1.165, 1.54) is 0 Å². The lowest BCUT2D eigenvalue weighted by atomic mass is 10.1. The molecule has 3 rings (SSSR count). The van der Waals surface area contributed by atoms with Gasteiger partial charge in [-0.3, -0.25) is 4.79 Å². The highest BCUT2D eigenvalue weighted by atomic mass is 35.5. The molecule has 1 aromatic heterocycles. The molecule has 118 valence electrons. The molecule has 0 radical (unpaired) electrons. The maximum Gasteiger partial charge on any atom is 0.226 e. The zero-order valence-electron chi connectivity index (χ0n) is 12.3. The number of halogens is 1. The maximum atomic E-state index is 12.1. The smallest absolute Gasteiger partial charge is 0.226 e. The van der Waals surface area contributed by atoms with Gasteiger partial charge in [0.1, 0.15) is 11.5 Å². The van der Waals surface area contributed by atoms with E-state index in [4.69, 9.17) is 10.2 Å². The zero-order valence-corrected chi connectivity index (χ0v) is 13.1. The molecule has 0 spiro atoms. The van der Waals surface area contributed by atoms with E-state index in [0.717, 1.165) is 29.9 Å². The van der Waals surface area contributed by atoms with Gasteiger partial charge in [0, 0.05) is 24.9 Å². The molecule has 1 amide bonds. The molecule has 0 saturated carbocycles. The first-order valence-electron chi connectivity index (χ1n) is 7.30. The van der Waals surface area contributed by atoms with Gasteiger partial charge in [-0.05, 0) is 25.1 Å². The highest BCUT2D eigenvalue weighted by molar-refractivity contribution is 5.85. The summed E-state index contributed by atoms with van der Waals surface area (Å²) in [6.07, 6.45) is 1.97. The molecule has 6 heteroatoms. The van der Waals surface area contributed by atoms with Crippen molar-refractivity contribution in [3.63, 3.8) is 0 Å². The number of rotatable bonds is 4. The van der Waals surface area contributed by atoms with Gasteiger partial charge in [-0.2, -0.15) is 0 Å². The van der Waals surface area contributed by atoms with Crippen LogP contribution in [0.5, 0.6) is 0 Å². The Kier molecular flexibility index (Phi) is 5.57. The van der Waals surface area contributed by atoms with Crippen LogP contribution in [-0.2, 0) is 17.8 Å². The fourth-order valence-electron chi connectivity index (χ4n) is 2.53. The van der Waals surface area contributed by atoms with Gasteiger partial charge in [0.25, 0.3) is 0 Å². The number of carbonyl (C=O) groups excluding carboxylic acids is 1. The molecule has 2 heterocycles. The van der Waals surface area contributed by atoms with E-state index in [9.17, 15) is 4.79 Å². The van der Waals surface area contributed by atoms with Crippen molar-refractivity contribution in [1.29, 1.82) is 0 Å². The number of amides is 1. The van der Waals surface area contributed by atoms with Crippen LogP contribution in [0.15, 0.2) is 34.7 Å². The van der Waals surface area contributed by atoms with Gasteiger partial charge < -0.3 is 15.1 Å². The van der Waals surface area contributed by atoms with Crippen molar-refractivity contribution in [1.82, 2.24) is 9.88 Å². The van der Waals surface area contributed by atoms with Crippen LogP contribution in [0.3, 0.4) is 0 Å². The molecule has 0 bridgehead atoms. The van der Waals surface area contributed by atoms with Crippen LogP contribution in [-0.4, -0.2) is 28.9 Å². The summed E-state index contributed by atoms with van der Waals surface area (Å²) in [4.78, 5) is 18.4. The zero-order chi connectivity index (χ0) is 14.7. The molecule has 0 atom stereocenters. The summed E-state index contributed by atoms with van der Waals surface area (Å²) in [5.74, 6) is 1.68. The minimum absolute atomic E-state index is 0. The Bertz CT molecular complexity index is 628. The standard InChI is InChI=1S/C16H19N3O2.ClH/c17-9-4-7-15(20)19-10-8-14-13(11-19)18-16(21-14)12-5-2-1-3-6-12;/h1-3,5-6H,4,7-11,17H2;1H. The molecule has 2 N–H and O–H groups in total. The third kappa shape index (κ3) is 3.48. The van der Waals surface area contributed by atoms with E-state index < -0.39 is 0 Å². The number of hydrogen-bond donors (Lipinski definition) is 1. The second-order valence-electron chi connectivity index (χ2n) is 5.21. The van der Waals surface area contributed by atoms with Gasteiger partial charge in [0.2, 0.25) is 11.8 Å². The van der Waals surface area contributed by atoms with Gasteiger partial charge in [0.15, 0.2) is 0 Å². The molecule has 0 fully saturated rings. The molecular formula is C16H20ClN3O2. The Balaban J connectivity index is 0.00000176. The average molecular weight is 322 g/mol. The summed E-state index contributed by atoms with van der Waals surface area (Å²) < 4.78 is 5.83. The second-order valence-corrected chi connectivity index (χ2v) is 5.21. The third-order valence-electron chi connectivity index (χ3n) is 3.70. The molecule has 1 aromatic carbocycles. The number of oxazole rings is 1. The molecule has 1 aliphatic rings. The third-order valence-corrected chi connectivity index (χ3v) is 3.70. The Morgan fingerprint density at radius 2 is 2.09 bits per heavy atom. The topological polar surface area (TPSA) is 72.4 Å². The van der Waals surface area contributed by atoms with Gasteiger partial charge >= 0.3 is 0 Å². The molecular weight excluding hydrogens is 302 g/mol. The molecule has 0 saturated heterocycles. The Morgan fingerprint density at radius 3 is 2.82 bits per heavy atom. The quantitative estimate of drug-likeness (QED) is 0.938. The Morgan fingerprint density at radius 1 is 1.32 bits per heavy atom. The van der Waals surface area contributed by atoms with Crippen molar-refractivity contribution < 1.29 is 9.21 Å². The highest BCUT2D eigenvalue weighted by Crippen LogP contribution is 2.26. The van der Waals surface area contributed by atoms with E-state index >= 15 is 0 Å². The molecule has 0 aliphatic carbocycles. The predicted molar refractivity (Wildman–Crippen MR) is 86.6 cm³/mol. The van der Waals surface area contributed by atoms with Crippen molar-refractivity contribution in [2.45, 2.75) is 25.8 Å². The fraction of sp³-hybridized carbons (Fsp3) is 0.375. The van der Waals surface area contributed by atoms with Crippen molar-refractivity contribution >= 4 is 18.3 Å². The molecule has 1 aliphatic heterocycles. The normalized spacial score (nSPS) is 13.4. The maximum absolute atomic E-state index is 12.1. The first-order valence-corrected chi connectivity index (χ1v) is 7.30. The Labute approximate surface area is 135 Å². The highest BCUT2D eigenvalue weighted by Gasteiger charge is 2.25. The number of nitrogens with two attached hydrogens (primary N) is 1. The van der Waals surface area contributed by atoms with E-state index in [-0.39, 0.29) is 18.3 Å². The van der Waals surface area contributed by atoms with Crippen molar-refractivity contribution in [3.05, 3.63) is 41.8 Å². The van der Waals surface area contributed by atoms with Crippen LogP contribution in [0.1, 0.15) is 24.3 Å². The number of aromatic nitrogens is 1. The minimum Gasteiger partial charge on any atom is -0.441 e. The van der Waals surface area contributed by atoms with E-state index in [0.29, 0.717) is 31.9 Å². The SMILES string of the molecule is Cl.NCCCC(=O)N1CCc2oc(-c3ccccc3)nc2C1. The monoisotopic (exact) mass is 321 g/mol. The van der Waals surface area contributed by atoms with Gasteiger partial charge in [0.05, 0.1) is 6.54 Å². The Hall–Kier alpha value is -1.85. The van der Waals surface area contributed by atoms with Crippen LogP contribution >= 0.6 is 12.4 Å². The summed E-state index contributed by atoms with van der Waals surface area (Å²) in [5.41, 5.74) is 7.29. The lowest BCUT2D eigenvalue weighted by Crippen LogP contribution is -2.35. The molecule has 0 unspecified atom stereocenters. The van der Waals surface area contributed by atoms with E-state index in [1.807, 2.05) is 35.2 Å². The van der Waals surface area contributed by atoms with Crippen molar-refractivity contribution in [2.75, 3.05) is 13.1 Å². The van der Waals surface area contributed by atoms with E-state index in [2.05, 4.69) is 4.98 Å². The molecule has 2 aromatic rings. The van der Waals surface area contributed by atoms with Crippen LogP contribution in [0.25, 0.3) is 11.5 Å². The number of fused-ring (bicyclic) bond motifs is 1. The molecule has 5 nitrogen and oxygen atoms in total. The van der Waals surface area contributed by atoms with Crippen LogP contribution in [0, 0.1) is 0 Å². The van der Waals surface area contributed by atoms with E-state index in [1.54, 1.807) is 0 Å². The second kappa shape index (κ2) is 7.42. The number of hydrogen-bond acceptors (Lipinski definition) is 4. The summed E-state index contributed by atoms with van der Waals surface area (Å²) in [6.45, 7) is 1.78. The number of nitrogens with zero attached hydrogens (tertiary/aromatic N) is 2. The van der Waals surface area contributed by atoms with Gasteiger partial charge in [-0.25, -0.2) is 4.98 Å². The largest absolute Gasteiger partial charge is 0.441 e. The first kappa shape index (κ1) is 16.5. The van der Waals surface area contributed by atoms with Crippen LogP contribution in [0.4, 0.5) is 0 Å². The van der Waals surface area contributed by atoms with Gasteiger partial charge in [-0.1, -0.05) is 18.2 Å². The lowest BCUT2D eigenvalue weighted by molar-refractivity contribution is -0.132. The van der Waals surface area contributed by atoms with Crippen molar-refractivity contribution in [2.24, 2.45) is 5.73 Å².